The maximum absolute atomic E-state index is 13.4. The molecule has 0 amide bonds. The first-order valence-electron chi connectivity index (χ1n) is 5.66. The lowest BCUT2D eigenvalue weighted by atomic mass is 10.2. The van der Waals surface area contributed by atoms with Crippen molar-refractivity contribution < 1.29 is 22.3 Å². The van der Waals surface area contributed by atoms with Gasteiger partial charge in [-0.2, -0.15) is 0 Å². The number of hydrogen-bond acceptors (Lipinski definition) is 6. The number of carbonyl (C=O) groups is 1. The zero-order valence-corrected chi connectivity index (χ0v) is 12.7. The zero-order chi connectivity index (χ0) is 15.6. The highest BCUT2D eigenvalue weighted by Crippen LogP contribution is 2.26. The summed E-state index contributed by atoms with van der Waals surface area (Å²) >= 11 is 0.773. The highest BCUT2D eigenvalue weighted by Gasteiger charge is 2.27. The quantitative estimate of drug-likeness (QED) is 0.869. The Balaban J connectivity index is 2.42. The lowest BCUT2D eigenvalue weighted by molar-refractivity contribution is 0.0590. The van der Waals surface area contributed by atoms with Gasteiger partial charge in [-0.3, -0.25) is 4.72 Å². The number of esters is 1. The van der Waals surface area contributed by atoms with Crippen LogP contribution < -0.4 is 4.72 Å². The van der Waals surface area contributed by atoms with Gasteiger partial charge in [0.25, 0.3) is 10.0 Å². The SMILES string of the molecule is COC(=O)c1ncsc1S(=O)(=O)Nc1cccc(F)c1C. The Labute approximate surface area is 124 Å². The van der Waals surface area contributed by atoms with Crippen molar-refractivity contribution in [3.8, 4) is 0 Å². The Morgan fingerprint density at radius 1 is 1.43 bits per heavy atom. The van der Waals surface area contributed by atoms with Crippen molar-refractivity contribution >= 4 is 33.0 Å². The molecule has 0 atom stereocenters. The van der Waals surface area contributed by atoms with Crippen LogP contribution in [0.1, 0.15) is 16.1 Å². The smallest absolute Gasteiger partial charge is 0.358 e. The molecule has 112 valence electrons. The summed E-state index contributed by atoms with van der Waals surface area (Å²) in [5, 5.41) is 0. The largest absolute Gasteiger partial charge is 0.464 e. The summed E-state index contributed by atoms with van der Waals surface area (Å²) in [6.45, 7) is 1.45. The molecule has 0 aliphatic carbocycles. The van der Waals surface area contributed by atoms with Gasteiger partial charge < -0.3 is 4.74 Å². The lowest BCUT2D eigenvalue weighted by Crippen LogP contribution is -2.16. The van der Waals surface area contributed by atoms with E-state index in [1.54, 1.807) is 0 Å². The molecular weight excluding hydrogens is 319 g/mol. The minimum absolute atomic E-state index is 0.0965. The second-order valence-electron chi connectivity index (χ2n) is 4.00. The van der Waals surface area contributed by atoms with Crippen LogP contribution in [0, 0.1) is 12.7 Å². The number of carbonyl (C=O) groups excluding carboxylic acids is 1. The van der Waals surface area contributed by atoms with Crippen molar-refractivity contribution in [2.24, 2.45) is 0 Å². The Hall–Kier alpha value is -2.00. The molecule has 0 unspecified atom stereocenters. The highest BCUT2D eigenvalue weighted by atomic mass is 32.2. The van der Waals surface area contributed by atoms with Crippen molar-refractivity contribution in [1.29, 1.82) is 0 Å². The van der Waals surface area contributed by atoms with E-state index in [0.717, 1.165) is 18.4 Å². The lowest BCUT2D eigenvalue weighted by Gasteiger charge is -2.10. The molecule has 0 saturated heterocycles. The van der Waals surface area contributed by atoms with Gasteiger partial charge in [-0.1, -0.05) is 6.07 Å². The first-order valence-corrected chi connectivity index (χ1v) is 8.03. The second-order valence-corrected chi connectivity index (χ2v) is 6.73. The molecule has 1 heterocycles. The molecule has 0 saturated carbocycles. The number of anilines is 1. The fraction of sp³-hybridized carbons (Fsp3) is 0.167. The van der Waals surface area contributed by atoms with Crippen LogP contribution in [0.5, 0.6) is 0 Å². The number of halogens is 1. The van der Waals surface area contributed by atoms with Crippen LogP contribution >= 0.6 is 11.3 Å². The molecule has 0 aliphatic heterocycles. The molecule has 0 bridgehead atoms. The fourth-order valence-corrected chi connectivity index (χ4v) is 3.82. The minimum Gasteiger partial charge on any atom is -0.464 e. The van der Waals surface area contributed by atoms with E-state index in [-0.39, 0.29) is 21.2 Å². The van der Waals surface area contributed by atoms with Gasteiger partial charge in [0.15, 0.2) is 9.90 Å². The molecule has 2 aromatic rings. The van der Waals surface area contributed by atoms with E-state index >= 15 is 0 Å². The van der Waals surface area contributed by atoms with E-state index < -0.39 is 21.8 Å². The third kappa shape index (κ3) is 3.03. The molecule has 0 fully saturated rings. The van der Waals surface area contributed by atoms with E-state index in [1.807, 2.05) is 0 Å². The average molecular weight is 330 g/mol. The number of thiazole rings is 1. The van der Waals surface area contributed by atoms with Crippen LogP contribution in [0.3, 0.4) is 0 Å². The predicted molar refractivity (Wildman–Crippen MR) is 75.4 cm³/mol. The van der Waals surface area contributed by atoms with Crippen LogP contribution in [-0.4, -0.2) is 26.5 Å². The van der Waals surface area contributed by atoms with Crippen molar-refractivity contribution in [3.63, 3.8) is 0 Å². The predicted octanol–water partition coefficient (Wildman–Crippen LogP) is 2.18. The number of nitrogens with one attached hydrogen (secondary N) is 1. The van der Waals surface area contributed by atoms with Gasteiger partial charge in [0.2, 0.25) is 0 Å². The number of rotatable bonds is 4. The number of nitrogens with zero attached hydrogens (tertiary/aromatic N) is 1. The van der Waals surface area contributed by atoms with Gasteiger partial charge in [0.05, 0.1) is 18.3 Å². The van der Waals surface area contributed by atoms with E-state index in [4.69, 9.17) is 0 Å². The molecule has 1 aromatic carbocycles. The Morgan fingerprint density at radius 2 is 2.14 bits per heavy atom. The Bertz CT molecular complexity index is 786. The zero-order valence-electron chi connectivity index (χ0n) is 11.1. The molecule has 0 aliphatic rings. The first-order chi connectivity index (χ1) is 9.86. The third-order valence-corrected chi connectivity index (χ3v) is 5.41. The number of ether oxygens (including phenoxy) is 1. The highest BCUT2D eigenvalue weighted by molar-refractivity contribution is 7.94. The molecule has 9 heteroatoms. The number of benzene rings is 1. The van der Waals surface area contributed by atoms with Crippen molar-refractivity contribution in [1.82, 2.24) is 4.98 Å². The summed E-state index contributed by atoms with van der Waals surface area (Å²) in [4.78, 5) is 15.2. The summed E-state index contributed by atoms with van der Waals surface area (Å²) in [7, 11) is -2.93. The molecule has 1 aromatic heterocycles. The minimum atomic E-state index is -4.06. The molecule has 1 N–H and O–H groups in total. The second kappa shape index (κ2) is 5.78. The summed E-state index contributed by atoms with van der Waals surface area (Å²) < 4.78 is 44.5. The van der Waals surface area contributed by atoms with Crippen molar-refractivity contribution in [2.75, 3.05) is 11.8 Å². The normalized spacial score (nSPS) is 11.2. The van der Waals surface area contributed by atoms with Gasteiger partial charge in [-0.25, -0.2) is 22.6 Å². The molecule has 0 spiro atoms. The van der Waals surface area contributed by atoms with E-state index in [0.29, 0.717) is 0 Å². The van der Waals surface area contributed by atoms with Crippen LogP contribution in [0.25, 0.3) is 0 Å². The standard InChI is InChI=1S/C12H11FN2O4S2/c1-7-8(13)4-3-5-9(7)15-21(17,18)12-10(11(16)19-2)14-6-20-12/h3-6,15H,1-2H3. The number of sulfonamides is 1. The Morgan fingerprint density at radius 3 is 2.81 bits per heavy atom. The van der Waals surface area contributed by atoms with E-state index in [1.165, 1.54) is 30.6 Å². The summed E-state index contributed by atoms with van der Waals surface area (Å²) in [5.74, 6) is -1.39. The molecule has 6 nitrogen and oxygen atoms in total. The molecular formula is C12H11FN2O4S2. The molecule has 2 rings (SSSR count). The van der Waals surface area contributed by atoms with Crippen LogP contribution in [-0.2, 0) is 14.8 Å². The maximum Gasteiger partial charge on any atom is 0.358 e. The number of hydrogen-bond donors (Lipinski definition) is 1. The topological polar surface area (TPSA) is 85.4 Å². The van der Waals surface area contributed by atoms with E-state index in [2.05, 4.69) is 14.4 Å². The molecule has 21 heavy (non-hydrogen) atoms. The van der Waals surface area contributed by atoms with Crippen LogP contribution in [0.15, 0.2) is 27.9 Å². The van der Waals surface area contributed by atoms with Gasteiger partial charge in [0, 0.05) is 5.56 Å². The van der Waals surface area contributed by atoms with Crippen molar-refractivity contribution in [2.45, 2.75) is 11.1 Å². The summed E-state index contributed by atoms with van der Waals surface area (Å²) in [6, 6.07) is 4.03. The summed E-state index contributed by atoms with van der Waals surface area (Å²) in [6.07, 6.45) is 0. The van der Waals surface area contributed by atoms with E-state index in [9.17, 15) is 17.6 Å². The van der Waals surface area contributed by atoms with Gasteiger partial charge in [-0.05, 0) is 19.1 Å². The van der Waals surface area contributed by atoms with Gasteiger partial charge in [-0.15, -0.1) is 11.3 Å². The third-order valence-electron chi connectivity index (χ3n) is 2.67. The summed E-state index contributed by atoms with van der Waals surface area (Å²) in [5.41, 5.74) is 1.17. The Kier molecular flexibility index (Phi) is 4.24. The first kappa shape index (κ1) is 15.4. The van der Waals surface area contributed by atoms with Gasteiger partial charge in [0.1, 0.15) is 5.82 Å². The van der Waals surface area contributed by atoms with Gasteiger partial charge >= 0.3 is 5.97 Å². The number of methoxy groups -OCH3 is 1. The average Bonchev–Trinajstić information content (AvgIpc) is 2.93. The maximum atomic E-state index is 13.4. The number of aromatic nitrogens is 1. The van der Waals surface area contributed by atoms with Crippen LogP contribution in [0.2, 0.25) is 0 Å². The molecule has 0 radical (unpaired) electrons. The fourth-order valence-electron chi connectivity index (χ4n) is 1.57. The van der Waals surface area contributed by atoms with Crippen LogP contribution in [0.4, 0.5) is 10.1 Å². The monoisotopic (exact) mass is 330 g/mol. The van der Waals surface area contributed by atoms with Crippen molar-refractivity contribution in [3.05, 3.63) is 40.8 Å².